The summed E-state index contributed by atoms with van der Waals surface area (Å²) in [5, 5.41) is 4.06. The molecule has 5 heteroatoms. The van der Waals surface area contributed by atoms with E-state index < -0.39 is 0 Å². The van der Waals surface area contributed by atoms with Crippen LogP contribution in [0, 0.1) is 17.7 Å². The maximum Gasteiger partial charge on any atom is 0.223 e. The third-order valence-corrected chi connectivity index (χ3v) is 3.56. The fourth-order valence-electron chi connectivity index (χ4n) is 2.51. The number of carbonyl (C=O) groups is 1. The van der Waals surface area contributed by atoms with Gasteiger partial charge in [0.05, 0.1) is 6.54 Å². The van der Waals surface area contributed by atoms with Crippen LogP contribution >= 0.6 is 0 Å². The Kier molecular flexibility index (Phi) is 6.12. The second-order valence-corrected chi connectivity index (χ2v) is 6.96. The number of benzene rings is 1. The number of hydrogen-bond acceptors (Lipinski definition) is 3. The number of halogens is 1. The first kappa shape index (κ1) is 18.2. The third kappa shape index (κ3) is 5.18. The molecule has 0 aliphatic rings. The van der Waals surface area contributed by atoms with E-state index in [0.717, 1.165) is 5.56 Å². The molecule has 4 nitrogen and oxygen atoms in total. The minimum Gasteiger partial charge on any atom is -0.356 e. The normalized spacial score (nSPS) is 11.3. The van der Waals surface area contributed by atoms with Crippen LogP contribution in [0.4, 0.5) is 4.39 Å². The quantitative estimate of drug-likeness (QED) is 0.749. The molecule has 24 heavy (non-hydrogen) atoms. The van der Waals surface area contributed by atoms with Crippen molar-refractivity contribution in [2.45, 2.75) is 40.7 Å². The molecule has 130 valence electrons. The second-order valence-electron chi connectivity index (χ2n) is 6.96. The zero-order valence-corrected chi connectivity index (χ0v) is 14.8. The Morgan fingerprint density at radius 2 is 1.83 bits per heavy atom. The van der Waals surface area contributed by atoms with E-state index in [0.29, 0.717) is 42.8 Å². The summed E-state index contributed by atoms with van der Waals surface area (Å²) in [5.41, 5.74) is 1.46. The van der Waals surface area contributed by atoms with Crippen molar-refractivity contribution in [3.63, 3.8) is 0 Å². The lowest BCUT2D eigenvalue weighted by molar-refractivity contribution is -0.133. The van der Waals surface area contributed by atoms with E-state index in [4.69, 9.17) is 4.52 Å². The Labute approximate surface area is 142 Å². The number of amides is 1. The average Bonchev–Trinajstić information content (AvgIpc) is 2.94. The molecular weight excluding hydrogens is 307 g/mol. The monoisotopic (exact) mass is 332 g/mol. The van der Waals surface area contributed by atoms with Gasteiger partial charge >= 0.3 is 0 Å². The molecule has 0 spiro atoms. The van der Waals surface area contributed by atoms with Crippen LogP contribution in [0.3, 0.4) is 0 Å². The highest BCUT2D eigenvalue weighted by Crippen LogP contribution is 2.21. The van der Waals surface area contributed by atoms with Crippen LogP contribution in [-0.4, -0.2) is 22.5 Å². The van der Waals surface area contributed by atoms with Gasteiger partial charge in [-0.25, -0.2) is 4.39 Å². The molecule has 0 aliphatic carbocycles. The topological polar surface area (TPSA) is 46.3 Å². The maximum absolute atomic E-state index is 13.0. The van der Waals surface area contributed by atoms with Gasteiger partial charge in [0, 0.05) is 24.6 Å². The van der Waals surface area contributed by atoms with E-state index in [9.17, 15) is 9.18 Å². The van der Waals surface area contributed by atoms with Gasteiger partial charge in [0.2, 0.25) is 5.91 Å². The molecule has 0 N–H and O–H groups in total. The van der Waals surface area contributed by atoms with E-state index in [2.05, 4.69) is 19.0 Å². The SMILES string of the molecule is CC(C)CC(=O)N(Cc1cc(-c2ccc(F)cc2)on1)CC(C)C. The average molecular weight is 332 g/mol. The fraction of sp³-hybridized carbons (Fsp3) is 0.474. The first-order chi connectivity index (χ1) is 11.3. The van der Waals surface area contributed by atoms with Gasteiger partial charge < -0.3 is 9.42 Å². The van der Waals surface area contributed by atoms with Crippen LogP contribution < -0.4 is 0 Å². The van der Waals surface area contributed by atoms with Gasteiger partial charge in [-0.2, -0.15) is 0 Å². The number of carbonyl (C=O) groups excluding carboxylic acids is 1. The molecule has 1 aromatic carbocycles. The predicted octanol–water partition coefficient (Wildman–Crippen LogP) is 4.51. The van der Waals surface area contributed by atoms with Crippen molar-refractivity contribution in [1.82, 2.24) is 10.1 Å². The molecule has 2 rings (SSSR count). The van der Waals surface area contributed by atoms with E-state index in [1.165, 1.54) is 12.1 Å². The molecule has 0 bridgehead atoms. The molecule has 0 aliphatic heterocycles. The van der Waals surface area contributed by atoms with E-state index in [1.807, 2.05) is 24.8 Å². The molecule has 1 amide bonds. The largest absolute Gasteiger partial charge is 0.356 e. The number of nitrogens with zero attached hydrogens (tertiary/aromatic N) is 2. The molecule has 0 radical (unpaired) electrons. The summed E-state index contributed by atoms with van der Waals surface area (Å²) >= 11 is 0. The molecule has 1 heterocycles. The molecule has 1 aromatic heterocycles. The number of rotatable bonds is 7. The standard InChI is InChI=1S/C19H25FN2O2/c1-13(2)9-19(23)22(11-14(3)4)12-17-10-18(24-21-17)15-5-7-16(20)8-6-15/h5-8,10,13-14H,9,11-12H2,1-4H3. The minimum absolute atomic E-state index is 0.130. The van der Waals surface area contributed by atoms with Gasteiger partial charge in [-0.15, -0.1) is 0 Å². The second kappa shape index (κ2) is 8.08. The molecule has 0 fully saturated rings. The van der Waals surface area contributed by atoms with Crippen LogP contribution in [0.1, 0.15) is 39.8 Å². The van der Waals surface area contributed by atoms with E-state index >= 15 is 0 Å². The summed E-state index contributed by atoms with van der Waals surface area (Å²) in [6.45, 7) is 9.35. The lowest BCUT2D eigenvalue weighted by atomic mass is 10.1. The fourth-order valence-corrected chi connectivity index (χ4v) is 2.51. The molecular formula is C19H25FN2O2. The molecule has 0 unspecified atom stereocenters. The van der Waals surface area contributed by atoms with Crippen molar-refractivity contribution in [3.05, 3.63) is 41.8 Å². The van der Waals surface area contributed by atoms with Gasteiger partial charge in [-0.3, -0.25) is 4.79 Å². The highest BCUT2D eigenvalue weighted by Gasteiger charge is 2.18. The Morgan fingerprint density at radius 3 is 2.42 bits per heavy atom. The summed E-state index contributed by atoms with van der Waals surface area (Å²) in [6, 6.07) is 7.87. The predicted molar refractivity (Wildman–Crippen MR) is 91.6 cm³/mol. The zero-order valence-electron chi connectivity index (χ0n) is 14.8. The van der Waals surface area contributed by atoms with Gasteiger partial charge in [-0.1, -0.05) is 32.9 Å². The summed E-state index contributed by atoms with van der Waals surface area (Å²) in [6.07, 6.45) is 0.523. The molecule has 0 atom stereocenters. The zero-order chi connectivity index (χ0) is 17.7. The van der Waals surface area contributed by atoms with Crippen molar-refractivity contribution in [2.75, 3.05) is 6.54 Å². The molecule has 2 aromatic rings. The van der Waals surface area contributed by atoms with Crippen LogP contribution in [-0.2, 0) is 11.3 Å². The lowest BCUT2D eigenvalue weighted by Gasteiger charge is -2.24. The summed E-state index contributed by atoms with van der Waals surface area (Å²) in [4.78, 5) is 14.3. The Hall–Kier alpha value is -2.17. The van der Waals surface area contributed by atoms with Gasteiger partial charge in [0.25, 0.3) is 0 Å². The lowest BCUT2D eigenvalue weighted by Crippen LogP contribution is -2.34. The van der Waals surface area contributed by atoms with E-state index in [-0.39, 0.29) is 11.7 Å². The van der Waals surface area contributed by atoms with Crippen molar-refractivity contribution < 1.29 is 13.7 Å². The van der Waals surface area contributed by atoms with Gasteiger partial charge in [0.1, 0.15) is 11.5 Å². The number of hydrogen-bond donors (Lipinski definition) is 0. The first-order valence-electron chi connectivity index (χ1n) is 8.34. The van der Waals surface area contributed by atoms with Gasteiger partial charge in [-0.05, 0) is 36.1 Å². The van der Waals surface area contributed by atoms with Crippen LogP contribution in [0.5, 0.6) is 0 Å². The molecule has 0 saturated heterocycles. The van der Waals surface area contributed by atoms with Crippen LogP contribution in [0.25, 0.3) is 11.3 Å². The maximum atomic E-state index is 13.0. The minimum atomic E-state index is -0.291. The highest BCUT2D eigenvalue weighted by molar-refractivity contribution is 5.76. The van der Waals surface area contributed by atoms with Crippen molar-refractivity contribution >= 4 is 5.91 Å². The van der Waals surface area contributed by atoms with Crippen molar-refractivity contribution in [1.29, 1.82) is 0 Å². The smallest absolute Gasteiger partial charge is 0.223 e. The Balaban J connectivity index is 2.11. The first-order valence-corrected chi connectivity index (χ1v) is 8.34. The van der Waals surface area contributed by atoms with Crippen molar-refractivity contribution in [2.24, 2.45) is 11.8 Å². The van der Waals surface area contributed by atoms with Gasteiger partial charge in [0.15, 0.2) is 5.76 Å². The van der Waals surface area contributed by atoms with Crippen LogP contribution in [0.2, 0.25) is 0 Å². The van der Waals surface area contributed by atoms with Crippen LogP contribution in [0.15, 0.2) is 34.9 Å². The summed E-state index contributed by atoms with van der Waals surface area (Å²) in [5.74, 6) is 1.11. The summed E-state index contributed by atoms with van der Waals surface area (Å²) in [7, 11) is 0. The third-order valence-electron chi connectivity index (χ3n) is 3.56. The molecule has 0 saturated carbocycles. The van der Waals surface area contributed by atoms with Crippen molar-refractivity contribution in [3.8, 4) is 11.3 Å². The Bertz CT molecular complexity index is 662. The highest BCUT2D eigenvalue weighted by atomic mass is 19.1. The number of aromatic nitrogens is 1. The summed E-state index contributed by atoms with van der Waals surface area (Å²) < 4.78 is 18.4. The Morgan fingerprint density at radius 1 is 1.17 bits per heavy atom. The van der Waals surface area contributed by atoms with E-state index in [1.54, 1.807) is 12.1 Å².